The molecule has 0 N–H and O–H groups in total. The molecule has 2 heterocycles. The van der Waals surface area contributed by atoms with E-state index in [9.17, 15) is 4.79 Å². The lowest BCUT2D eigenvalue weighted by Crippen LogP contribution is -2.01. The fourth-order valence-electron chi connectivity index (χ4n) is 2.32. The number of aromatic nitrogens is 2. The highest BCUT2D eigenvalue weighted by atomic mass is 16.5. The number of ether oxygens (including phenoxy) is 1. The van der Waals surface area contributed by atoms with Crippen LogP contribution in [0.5, 0.6) is 5.75 Å². The fourth-order valence-corrected chi connectivity index (χ4v) is 2.32. The molecule has 0 unspecified atom stereocenters. The van der Waals surface area contributed by atoms with Crippen LogP contribution in [0.1, 0.15) is 30.6 Å². The standard InChI is InChI=1S/C16H16N2O4/c1-3-4-11-7-16(19)21-14-8-12(5-6-13(11)14)20-9-15-17-10(2)18-22-15/h5-8H,3-4,9H2,1-2H3. The Balaban J connectivity index is 1.87. The van der Waals surface area contributed by atoms with Crippen molar-refractivity contribution in [3.63, 3.8) is 0 Å². The zero-order valence-corrected chi connectivity index (χ0v) is 12.5. The van der Waals surface area contributed by atoms with Crippen LogP contribution in [0.3, 0.4) is 0 Å². The number of rotatable bonds is 5. The first-order valence-corrected chi connectivity index (χ1v) is 7.14. The number of aryl methyl sites for hydroxylation is 2. The van der Waals surface area contributed by atoms with Crippen molar-refractivity contribution in [3.8, 4) is 5.75 Å². The van der Waals surface area contributed by atoms with Gasteiger partial charge in [-0.25, -0.2) is 4.79 Å². The van der Waals surface area contributed by atoms with E-state index >= 15 is 0 Å². The summed E-state index contributed by atoms with van der Waals surface area (Å²) in [5.74, 6) is 1.55. The van der Waals surface area contributed by atoms with Crippen LogP contribution in [-0.4, -0.2) is 10.1 Å². The average molecular weight is 300 g/mol. The quantitative estimate of drug-likeness (QED) is 0.674. The van der Waals surface area contributed by atoms with E-state index in [1.54, 1.807) is 19.1 Å². The molecule has 2 aromatic heterocycles. The molecular weight excluding hydrogens is 284 g/mol. The van der Waals surface area contributed by atoms with Gasteiger partial charge < -0.3 is 13.7 Å². The molecule has 0 amide bonds. The van der Waals surface area contributed by atoms with Crippen molar-refractivity contribution in [3.05, 3.63) is 52.0 Å². The Labute approximate surface area is 126 Å². The van der Waals surface area contributed by atoms with Gasteiger partial charge in [-0.2, -0.15) is 4.98 Å². The van der Waals surface area contributed by atoms with Crippen molar-refractivity contribution in [2.45, 2.75) is 33.3 Å². The molecule has 0 fully saturated rings. The summed E-state index contributed by atoms with van der Waals surface area (Å²) in [4.78, 5) is 15.7. The summed E-state index contributed by atoms with van der Waals surface area (Å²) in [6.07, 6.45) is 1.80. The van der Waals surface area contributed by atoms with E-state index in [0.717, 1.165) is 23.8 Å². The van der Waals surface area contributed by atoms with Gasteiger partial charge in [-0.3, -0.25) is 0 Å². The third kappa shape index (κ3) is 3.00. The molecule has 0 radical (unpaired) electrons. The third-order valence-corrected chi connectivity index (χ3v) is 3.25. The highest BCUT2D eigenvalue weighted by Gasteiger charge is 2.08. The summed E-state index contributed by atoms with van der Waals surface area (Å²) in [6, 6.07) is 7.00. The Morgan fingerprint density at radius 2 is 2.14 bits per heavy atom. The van der Waals surface area contributed by atoms with Gasteiger partial charge in [-0.15, -0.1) is 0 Å². The molecular formula is C16H16N2O4. The molecule has 114 valence electrons. The summed E-state index contributed by atoms with van der Waals surface area (Å²) in [5.41, 5.74) is 1.17. The molecule has 0 aliphatic carbocycles. The average Bonchev–Trinajstić information content (AvgIpc) is 2.90. The van der Waals surface area contributed by atoms with Crippen molar-refractivity contribution < 1.29 is 13.7 Å². The zero-order chi connectivity index (χ0) is 15.5. The maximum atomic E-state index is 11.6. The lowest BCUT2D eigenvalue weighted by atomic mass is 10.1. The van der Waals surface area contributed by atoms with Crippen molar-refractivity contribution in [2.24, 2.45) is 0 Å². The molecule has 0 saturated carbocycles. The Bertz CT molecular complexity index is 851. The van der Waals surface area contributed by atoms with E-state index in [1.807, 2.05) is 12.1 Å². The Hall–Kier alpha value is -2.63. The van der Waals surface area contributed by atoms with E-state index < -0.39 is 0 Å². The molecule has 0 aliphatic rings. The molecule has 6 heteroatoms. The molecule has 0 bridgehead atoms. The largest absolute Gasteiger partial charge is 0.484 e. The van der Waals surface area contributed by atoms with E-state index in [-0.39, 0.29) is 12.2 Å². The number of hydrogen-bond acceptors (Lipinski definition) is 6. The first-order chi connectivity index (χ1) is 10.7. The highest BCUT2D eigenvalue weighted by molar-refractivity contribution is 5.81. The first kappa shape index (κ1) is 14.3. The van der Waals surface area contributed by atoms with Gasteiger partial charge >= 0.3 is 5.63 Å². The minimum absolute atomic E-state index is 0.172. The normalized spacial score (nSPS) is 11.0. The molecule has 22 heavy (non-hydrogen) atoms. The summed E-state index contributed by atoms with van der Waals surface area (Å²) in [7, 11) is 0. The second-order valence-corrected chi connectivity index (χ2v) is 5.02. The topological polar surface area (TPSA) is 78.4 Å². The molecule has 6 nitrogen and oxygen atoms in total. The van der Waals surface area contributed by atoms with Crippen LogP contribution in [0, 0.1) is 6.92 Å². The van der Waals surface area contributed by atoms with Gasteiger partial charge in [0.1, 0.15) is 11.3 Å². The van der Waals surface area contributed by atoms with Gasteiger partial charge in [0, 0.05) is 17.5 Å². The van der Waals surface area contributed by atoms with Crippen molar-refractivity contribution in [2.75, 3.05) is 0 Å². The Morgan fingerprint density at radius 3 is 2.86 bits per heavy atom. The van der Waals surface area contributed by atoms with Crippen molar-refractivity contribution in [1.29, 1.82) is 0 Å². The number of benzene rings is 1. The van der Waals surface area contributed by atoms with Crippen LogP contribution in [0.2, 0.25) is 0 Å². The predicted molar refractivity (Wildman–Crippen MR) is 79.8 cm³/mol. The Kier molecular flexibility index (Phi) is 3.91. The first-order valence-electron chi connectivity index (χ1n) is 7.14. The van der Waals surface area contributed by atoms with Gasteiger partial charge in [0.25, 0.3) is 5.89 Å². The lowest BCUT2D eigenvalue weighted by Gasteiger charge is -2.07. The molecule has 0 saturated heterocycles. The van der Waals surface area contributed by atoms with Crippen LogP contribution in [-0.2, 0) is 13.0 Å². The minimum Gasteiger partial charge on any atom is -0.484 e. The fraction of sp³-hybridized carbons (Fsp3) is 0.312. The van der Waals surface area contributed by atoms with Crippen molar-refractivity contribution in [1.82, 2.24) is 10.1 Å². The maximum absolute atomic E-state index is 11.6. The summed E-state index contributed by atoms with van der Waals surface area (Å²) >= 11 is 0. The second-order valence-electron chi connectivity index (χ2n) is 5.02. The summed E-state index contributed by atoms with van der Waals surface area (Å²) in [5, 5.41) is 4.63. The van der Waals surface area contributed by atoms with E-state index in [4.69, 9.17) is 13.7 Å². The highest BCUT2D eigenvalue weighted by Crippen LogP contribution is 2.24. The van der Waals surface area contributed by atoms with Crippen molar-refractivity contribution >= 4 is 11.0 Å². The number of nitrogens with zero attached hydrogens (tertiary/aromatic N) is 2. The molecule has 0 atom stereocenters. The van der Waals surface area contributed by atoms with Crippen LogP contribution < -0.4 is 10.4 Å². The van der Waals surface area contributed by atoms with E-state index in [1.165, 1.54) is 0 Å². The molecule has 1 aromatic carbocycles. The van der Waals surface area contributed by atoms with E-state index in [0.29, 0.717) is 23.0 Å². The van der Waals surface area contributed by atoms with Gasteiger partial charge in [-0.1, -0.05) is 18.5 Å². The SMILES string of the molecule is CCCc1cc(=O)oc2cc(OCc3nc(C)no3)ccc12. The molecule has 0 aliphatic heterocycles. The van der Waals surface area contributed by atoms with Gasteiger partial charge in [0.05, 0.1) is 0 Å². The van der Waals surface area contributed by atoms with Crippen LogP contribution >= 0.6 is 0 Å². The minimum atomic E-state index is -0.347. The lowest BCUT2D eigenvalue weighted by molar-refractivity contribution is 0.242. The monoisotopic (exact) mass is 300 g/mol. The zero-order valence-electron chi connectivity index (χ0n) is 12.5. The van der Waals surface area contributed by atoms with Gasteiger partial charge in [-0.05, 0) is 31.0 Å². The smallest absolute Gasteiger partial charge is 0.336 e. The molecule has 0 spiro atoms. The predicted octanol–water partition coefficient (Wildman–Crippen LogP) is 3.02. The molecule has 3 rings (SSSR count). The Morgan fingerprint density at radius 1 is 1.27 bits per heavy atom. The van der Waals surface area contributed by atoms with Crippen LogP contribution in [0.4, 0.5) is 0 Å². The number of fused-ring (bicyclic) bond motifs is 1. The number of hydrogen-bond donors (Lipinski definition) is 0. The van der Waals surface area contributed by atoms with Crippen LogP contribution in [0.25, 0.3) is 11.0 Å². The second kappa shape index (κ2) is 6.01. The van der Waals surface area contributed by atoms with Gasteiger partial charge in [0.15, 0.2) is 12.4 Å². The van der Waals surface area contributed by atoms with Gasteiger partial charge in [0.2, 0.25) is 0 Å². The van der Waals surface area contributed by atoms with Crippen LogP contribution in [0.15, 0.2) is 38.0 Å². The molecule has 3 aromatic rings. The summed E-state index contributed by atoms with van der Waals surface area (Å²) < 4.78 is 15.8. The third-order valence-electron chi connectivity index (χ3n) is 3.25. The van der Waals surface area contributed by atoms with E-state index in [2.05, 4.69) is 17.1 Å². The summed E-state index contributed by atoms with van der Waals surface area (Å²) in [6.45, 7) is 3.99. The maximum Gasteiger partial charge on any atom is 0.336 e.